The van der Waals surface area contributed by atoms with Gasteiger partial charge in [-0.3, -0.25) is 9.69 Å². The predicted molar refractivity (Wildman–Crippen MR) is 108 cm³/mol. The van der Waals surface area contributed by atoms with Gasteiger partial charge in [0.05, 0.1) is 6.54 Å². The van der Waals surface area contributed by atoms with Crippen molar-refractivity contribution in [3.8, 4) is 0 Å². The SMILES string of the molecule is CCSC[C@@H](C)N(C)Cc1nnc(C(=O)Nc2ccc(CC)cc2)s1. The van der Waals surface area contributed by atoms with Gasteiger partial charge < -0.3 is 5.32 Å². The van der Waals surface area contributed by atoms with E-state index in [1.54, 1.807) is 0 Å². The van der Waals surface area contributed by atoms with E-state index in [2.05, 4.69) is 48.2 Å². The molecule has 1 heterocycles. The second-order valence-electron chi connectivity index (χ2n) is 5.93. The van der Waals surface area contributed by atoms with Gasteiger partial charge in [-0.25, -0.2) is 0 Å². The summed E-state index contributed by atoms with van der Waals surface area (Å²) in [5.74, 6) is 2.01. The molecule has 0 fully saturated rings. The van der Waals surface area contributed by atoms with Crippen LogP contribution in [-0.2, 0) is 13.0 Å². The highest BCUT2D eigenvalue weighted by molar-refractivity contribution is 7.99. The molecule has 0 aliphatic rings. The molecule has 0 saturated heterocycles. The minimum absolute atomic E-state index is 0.203. The van der Waals surface area contributed by atoms with E-state index in [0.29, 0.717) is 17.6 Å². The Kier molecular flexibility index (Phi) is 7.87. The maximum Gasteiger partial charge on any atom is 0.286 e. The van der Waals surface area contributed by atoms with Crippen molar-refractivity contribution in [2.24, 2.45) is 0 Å². The average Bonchev–Trinajstić information content (AvgIpc) is 3.08. The highest BCUT2D eigenvalue weighted by Crippen LogP contribution is 2.17. The molecule has 0 radical (unpaired) electrons. The molecule has 5 nitrogen and oxygen atoms in total. The summed E-state index contributed by atoms with van der Waals surface area (Å²) >= 11 is 3.29. The molecule has 0 spiro atoms. The van der Waals surface area contributed by atoms with Crippen molar-refractivity contribution < 1.29 is 4.79 Å². The second kappa shape index (κ2) is 9.89. The summed E-state index contributed by atoms with van der Waals surface area (Å²) < 4.78 is 0. The molecule has 1 aromatic heterocycles. The summed E-state index contributed by atoms with van der Waals surface area (Å²) in [5, 5.41) is 12.4. The summed E-state index contributed by atoms with van der Waals surface area (Å²) in [6, 6.07) is 8.33. The maximum atomic E-state index is 12.3. The van der Waals surface area contributed by atoms with Gasteiger partial charge >= 0.3 is 0 Å². The van der Waals surface area contributed by atoms with Gasteiger partial charge in [-0.1, -0.05) is 37.3 Å². The minimum atomic E-state index is -0.203. The van der Waals surface area contributed by atoms with Crippen LogP contribution in [0.15, 0.2) is 24.3 Å². The van der Waals surface area contributed by atoms with Gasteiger partial charge in [-0.2, -0.15) is 11.8 Å². The lowest BCUT2D eigenvalue weighted by atomic mass is 10.1. The minimum Gasteiger partial charge on any atom is -0.320 e. The van der Waals surface area contributed by atoms with E-state index in [-0.39, 0.29) is 5.91 Å². The van der Waals surface area contributed by atoms with Gasteiger partial charge in [0.2, 0.25) is 5.01 Å². The van der Waals surface area contributed by atoms with Crippen LogP contribution >= 0.6 is 23.1 Å². The van der Waals surface area contributed by atoms with Crippen molar-refractivity contribution in [3.05, 3.63) is 39.8 Å². The summed E-state index contributed by atoms with van der Waals surface area (Å²) in [6.45, 7) is 7.19. The van der Waals surface area contributed by atoms with E-state index in [1.807, 2.05) is 36.0 Å². The largest absolute Gasteiger partial charge is 0.320 e. The first-order valence-electron chi connectivity index (χ1n) is 8.54. The van der Waals surface area contributed by atoms with Crippen LogP contribution in [0.25, 0.3) is 0 Å². The molecule has 2 aromatic rings. The van der Waals surface area contributed by atoms with Crippen molar-refractivity contribution in [2.75, 3.05) is 23.9 Å². The number of anilines is 1. The van der Waals surface area contributed by atoms with Crippen molar-refractivity contribution in [2.45, 2.75) is 39.8 Å². The van der Waals surface area contributed by atoms with Crippen LogP contribution in [0, 0.1) is 0 Å². The zero-order valence-corrected chi connectivity index (χ0v) is 16.9. The lowest BCUT2D eigenvalue weighted by molar-refractivity contribution is 0.102. The fraction of sp³-hybridized carbons (Fsp3) is 0.500. The molecule has 25 heavy (non-hydrogen) atoms. The van der Waals surface area contributed by atoms with Gasteiger partial charge in [0.1, 0.15) is 5.01 Å². The van der Waals surface area contributed by atoms with Crippen LogP contribution < -0.4 is 5.32 Å². The van der Waals surface area contributed by atoms with Gasteiger partial charge in [0.15, 0.2) is 0 Å². The van der Waals surface area contributed by atoms with Gasteiger partial charge in [0.25, 0.3) is 5.91 Å². The Bertz CT molecular complexity index is 672. The van der Waals surface area contributed by atoms with Gasteiger partial charge in [0, 0.05) is 17.5 Å². The van der Waals surface area contributed by atoms with Crippen molar-refractivity contribution >= 4 is 34.7 Å². The first-order chi connectivity index (χ1) is 12.0. The Labute approximate surface area is 158 Å². The first-order valence-corrected chi connectivity index (χ1v) is 10.5. The molecule has 1 N–H and O–H groups in total. The number of nitrogens with zero attached hydrogens (tertiary/aromatic N) is 3. The molecule has 0 unspecified atom stereocenters. The third kappa shape index (κ3) is 6.09. The molecular formula is C18H26N4OS2. The number of thioether (sulfide) groups is 1. The monoisotopic (exact) mass is 378 g/mol. The molecule has 0 saturated carbocycles. The molecule has 1 aromatic carbocycles. The summed E-state index contributed by atoms with van der Waals surface area (Å²) in [4.78, 5) is 14.6. The standard InChI is InChI=1S/C18H26N4OS2/c1-5-14-7-9-15(10-8-14)19-17(23)18-21-20-16(25-18)11-22(4)13(3)12-24-6-2/h7-10,13H,5-6,11-12H2,1-4H3,(H,19,23)/t13-/m1/s1. The number of carbonyl (C=O) groups excluding carboxylic acids is 1. The van der Waals surface area contributed by atoms with E-state index in [9.17, 15) is 4.79 Å². The predicted octanol–water partition coefficient (Wildman–Crippen LogP) is 3.93. The maximum absolute atomic E-state index is 12.3. The highest BCUT2D eigenvalue weighted by atomic mass is 32.2. The van der Waals surface area contributed by atoms with Crippen LogP contribution in [0.2, 0.25) is 0 Å². The average molecular weight is 379 g/mol. The number of benzene rings is 1. The normalized spacial score (nSPS) is 12.4. The lowest BCUT2D eigenvalue weighted by Crippen LogP contribution is -2.30. The zero-order valence-electron chi connectivity index (χ0n) is 15.3. The fourth-order valence-electron chi connectivity index (χ4n) is 2.20. The number of rotatable bonds is 9. The van der Waals surface area contributed by atoms with E-state index in [0.717, 1.165) is 28.6 Å². The van der Waals surface area contributed by atoms with Crippen molar-refractivity contribution in [1.29, 1.82) is 0 Å². The Morgan fingerprint density at radius 1 is 1.28 bits per heavy atom. The third-order valence-electron chi connectivity index (χ3n) is 3.98. The van der Waals surface area contributed by atoms with Gasteiger partial charge in [-0.15, -0.1) is 10.2 Å². The molecule has 7 heteroatoms. The Morgan fingerprint density at radius 2 is 2.00 bits per heavy atom. The number of hydrogen-bond donors (Lipinski definition) is 1. The number of aryl methyl sites for hydroxylation is 1. The Balaban J connectivity index is 1.91. The lowest BCUT2D eigenvalue weighted by Gasteiger charge is -2.22. The number of amides is 1. The van der Waals surface area contributed by atoms with Crippen LogP contribution in [-0.4, -0.2) is 45.6 Å². The first kappa shape index (κ1) is 19.9. The fourth-order valence-corrected chi connectivity index (χ4v) is 3.83. The molecule has 2 rings (SSSR count). The molecule has 0 bridgehead atoms. The molecule has 1 amide bonds. The zero-order chi connectivity index (χ0) is 18.2. The van der Waals surface area contributed by atoms with Crippen molar-refractivity contribution in [3.63, 3.8) is 0 Å². The van der Waals surface area contributed by atoms with Crippen LogP contribution in [0.3, 0.4) is 0 Å². The Morgan fingerprint density at radius 3 is 2.64 bits per heavy atom. The molecule has 0 aliphatic carbocycles. The van der Waals surface area contributed by atoms with E-state index in [1.165, 1.54) is 16.9 Å². The number of hydrogen-bond acceptors (Lipinski definition) is 6. The number of carbonyl (C=O) groups is 1. The summed E-state index contributed by atoms with van der Waals surface area (Å²) in [7, 11) is 2.08. The van der Waals surface area contributed by atoms with Crippen LogP contribution in [0.1, 0.15) is 41.1 Å². The Hall–Kier alpha value is -1.44. The molecule has 136 valence electrons. The van der Waals surface area contributed by atoms with E-state index >= 15 is 0 Å². The topological polar surface area (TPSA) is 58.1 Å². The van der Waals surface area contributed by atoms with E-state index in [4.69, 9.17) is 0 Å². The van der Waals surface area contributed by atoms with Gasteiger partial charge in [-0.05, 0) is 43.8 Å². The number of aromatic nitrogens is 2. The van der Waals surface area contributed by atoms with E-state index < -0.39 is 0 Å². The third-order valence-corrected chi connectivity index (χ3v) is 6.01. The quantitative estimate of drug-likeness (QED) is 0.716. The number of nitrogens with one attached hydrogen (secondary N) is 1. The summed E-state index contributed by atoms with van der Waals surface area (Å²) in [6.07, 6.45) is 0.983. The van der Waals surface area contributed by atoms with Crippen LogP contribution in [0.4, 0.5) is 5.69 Å². The molecule has 1 atom stereocenters. The smallest absolute Gasteiger partial charge is 0.286 e. The highest BCUT2D eigenvalue weighted by Gasteiger charge is 2.16. The van der Waals surface area contributed by atoms with Crippen LogP contribution in [0.5, 0.6) is 0 Å². The summed E-state index contributed by atoms with van der Waals surface area (Å²) in [5.41, 5.74) is 2.02. The second-order valence-corrected chi connectivity index (χ2v) is 8.31. The molecule has 0 aliphatic heterocycles. The van der Waals surface area contributed by atoms with Crippen molar-refractivity contribution in [1.82, 2.24) is 15.1 Å². The molecular weight excluding hydrogens is 352 g/mol.